The fraction of sp³-hybridized carbons (Fsp3) is 0.333. The van der Waals surface area contributed by atoms with Crippen LogP contribution in [0.3, 0.4) is 0 Å². The number of hydrogen-bond acceptors (Lipinski definition) is 2. The zero-order valence-electron chi connectivity index (χ0n) is 9.86. The second-order valence-corrected chi connectivity index (χ2v) is 2.86. The summed E-state index contributed by atoms with van der Waals surface area (Å²) in [7, 11) is 0. The number of nitrogens with one attached hydrogen (secondary N) is 2. The van der Waals surface area contributed by atoms with Gasteiger partial charge in [-0.3, -0.25) is 9.59 Å². The molecule has 0 aliphatic carbocycles. The van der Waals surface area contributed by atoms with Crippen molar-refractivity contribution >= 4 is 18.0 Å². The van der Waals surface area contributed by atoms with Crippen molar-refractivity contribution in [2.45, 2.75) is 26.8 Å². The van der Waals surface area contributed by atoms with E-state index in [4.69, 9.17) is 0 Å². The average Bonchev–Trinajstić information content (AvgIpc) is 2.33. The maximum atomic E-state index is 11.4. The maximum absolute atomic E-state index is 11.4. The van der Waals surface area contributed by atoms with Gasteiger partial charge in [-0.05, 0) is 19.1 Å². The van der Waals surface area contributed by atoms with Crippen LogP contribution in [-0.4, -0.2) is 18.4 Å². The summed E-state index contributed by atoms with van der Waals surface area (Å²) < 4.78 is 0. The van der Waals surface area contributed by atoms with E-state index in [1.54, 1.807) is 19.1 Å². The predicted octanol–water partition coefficient (Wildman–Crippen LogP) is 1.79. The van der Waals surface area contributed by atoms with Gasteiger partial charge in [-0.15, -0.1) is 0 Å². The van der Waals surface area contributed by atoms with Crippen molar-refractivity contribution in [3.63, 3.8) is 0 Å². The Morgan fingerprint density at radius 1 is 1.25 bits per heavy atom. The molecule has 0 radical (unpaired) electrons. The van der Waals surface area contributed by atoms with Gasteiger partial charge in [0.1, 0.15) is 6.04 Å². The Morgan fingerprint density at radius 2 is 1.81 bits per heavy atom. The predicted molar refractivity (Wildman–Crippen MR) is 65.1 cm³/mol. The van der Waals surface area contributed by atoms with Crippen molar-refractivity contribution in [2.75, 3.05) is 5.32 Å². The Balaban J connectivity index is 0.00000106. The minimum atomic E-state index is -0.521. The fourth-order valence-corrected chi connectivity index (χ4v) is 0.950. The van der Waals surface area contributed by atoms with Crippen molar-refractivity contribution in [2.24, 2.45) is 0 Å². The number of para-hydroxylation sites is 1. The molecule has 0 aromatic heterocycles. The lowest BCUT2D eigenvalue weighted by molar-refractivity contribution is -0.120. The summed E-state index contributed by atoms with van der Waals surface area (Å²) in [5, 5.41) is 5.04. The molecule has 2 amide bonds. The molecule has 1 atom stereocenters. The van der Waals surface area contributed by atoms with Crippen LogP contribution >= 0.6 is 0 Å². The third-order valence-corrected chi connectivity index (χ3v) is 1.75. The Kier molecular flexibility index (Phi) is 7.49. The molecule has 0 spiro atoms. The Hall–Kier alpha value is -1.84. The molecule has 0 heterocycles. The van der Waals surface area contributed by atoms with Gasteiger partial charge in [-0.2, -0.15) is 0 Å². The number of benzene rings is 1. The summed E-state index contributed by atoms with van der Waals surface area (Å²) in [4.78, 5) is 21.5. The van der Waals surface area contributed by atoms with Crippen molar-refractivity contribution in [1.29, 1.82) is 0 Å². The number of carbonyl (C=O) groups is 2. The molecule has 2 N–H and O–H groups in total. The van der Waals surface area contributed by atoms with E-state index >= 15 is 0 Å². The highest BCUT2D eigenvalue weighted by Gasteiger charge is 2.10. The van der Waals surface area contributed by atoms with Gasteiger partial charge in [-0.1, -0.05) is 32.0 Å². The second kappa shape index (κ2) is 8.47. The molecule has 0 saturated heterocycles. The van der Waals surface area contributed by atoms with E-state index in [1.807, 2.05) is 32.0 Å². The van der Waals surface area contributed by atoms with E-state index in [1.165, 1.54) is 0 Å². The van der Waals surface area contributed by atoms with E-state index in [2.05, 4.69) is 10.6 Å². The molecule has 4 nitrogen and oxygen atoms in total. The molecule has 4 heteroatoms. The van der Waals surface area contributed by atoms with Gasteiger partial charge in [0.15, 0.2) is 0 Å². The smallest absolute Gasteiger partial charge is 0.246 e. The number of rotatable bonds is 4. The molecule has 88 valence electrons. The van der Waals surface area contributed by atoms with Crippen LogP contribution in [0.15, 0.2) is 30.3 Å². The average molecular weight is 222 g/mol. The molecule has 0 aliphatic rings. The Labute approximate surface area is 96.0 Å². The highest BCUT2D eigenvalue weighted by Crippen LogP contribution is 2.04. The molecule has 1 rings (SSSR count). The first-order valence-corrected chi connectivity index (χ1v) is 5.29. The highest BCUT2D eigenvalue weighted by molar-refractivity contribution is 5.95. The van der Waals surface area contributed by atoms with Crippen LogP contribution in [-0.2, 0) is 9.59 Å². The van der Waals surface area contributed by atoms with E-state index in [0.717, 1.165) is 5.69 Å². The summed E-state index contributed by atoms with van der Waals surface area (Å²) in [6.07, 6.45) is 0.509. The van der Waals surface area contributed by atoms with Crippen LogP contribution in [0.1, 0.15) is 20.8 Å². The summed E-state index contributed by atoms with van der Waals surface area (Å²) in [6.45, 7) is 5.62. The third kappa shape index (κ3) is 5.14. The van der Waals surface area contributed by atoms with Gasteiger partial charge < -0.3 is 10.6 Å². The molecule has 1 aromatic rings. The first kappa shape index (κ1) is 14.2. The lowest BCUT2D eigenvalue weighted by Crippen LogP contribution is -2.37. The van der Waals surface area contributed by atoms with Crippen LogP contribution in [0.2, 0.25) is 0 Å². The number of carbonyl (C=O) groups excluding carboxylic acids is 2. The van der Waals surface area contributed by atoms with E-state index in [-0.39, 0.29) is 5.91 Å². The fourth-order valence-electron chi connectivity index (χ4n) is 0.950. The van der Waals surface area contributed by atoms with Gasteiger partial charge in [0, 0.05) is 5.69 Å². The Bertz CT molecular complexity index is 312. The maximum Gasteiger partial charge on any atom is 0.246 e. The van der Waals surface area contributed by atoms with Crippen molar-refractivity contribution in [1.82, 2.24) is 5.32 Å². The summed E-state index contributed by atoms with van der Waals surface area (Å²) >= 11 is 0. The summed E-state index contributed by atoms with van der Waals surface area (Å²) in [6, 6.07) is 8.56. The van der Waals surface area contributed by atoms with Gasteiger partial charge in [0.05, 0.1) is 0 Å². The lowest BCUT2D eigenvalue weighted by Gasteiger charge is -2.10. The van der Waals surface area contributed by atoms with E-state index in [0.29, 0.717) is 6.41 Å². The molecule has 0 bridgehead atoms. The van der Waals surface area contributed by atoms with E-state index in [9.17, 15) is 9.59 Å². The first-order valence-electron chi connectivity index (χ1n) is 5.29. The van der Waals surface area contributed by atoms with Crippen molar-refractivity contribution in [3.05, 3.63) is 30.3 Å². The normalized spacial score (nSPS) is 10.4. The minimum Gasteiger partial charge on any atom is -0.347 e. The molecular formula is C12H18N2O2. The zero-order valence-corrected chi connectivity index (χ0v) is 9.86. The van der Waals surface area contributed by atoms with Crippen LogP contribution in [0.4, 0.5) is 5.69 Å². The third-order valence-electron chi connectivity index (χ3n) is 1.75. The summed E-state index contributed by atoms with van der Waals surface area (Å²) in [5.74, 6) is -0.233. The number of hydrogen-bond donors (Lipinski definition) is 2. The molecule has 0 aliphatic heterocycles. The molecule has 1 unspecified atom stereocenters. The minimum absolute atomic E-state index is 0.233. The van der Waals surface area contributed by atoms with Gasteiger partial charge in [0.2, 0.25) is 12.3 Å². The van der Waals surface area contributed by atoms with Crippen LogP contribution in [0, 0.1) is 0 Å². The zero-order chi connectivity index (χ0) is 12.4. The quantitative estimate of drug-likeness (QED) is 0.763. The van der Waals surface area contributed by atoms with Crippen molar-refractivity contribution in [3.8, 4) is 0 Å². The first-order chi connectivity index (χ1) is 7.74. The molecular weight excluding hydrogens is 204 g/mol. The largest absolute Gasteiger partial charge is 0.347 e. The lowest BCUT2D eigenvalue weighted by atomic mass is 10.3. The van der Waals surface area contributed by atoms with Crippen LogP contribution in [0.25, 0.3) is 0 Å². The van der Waals surface area contributed by atoms with Crippen LogP contribution < -0.4 is 10.6 Å². The molecule has 16 heavy (non-hydrogen) atoms. The standard InChI is InChI=1S/C10H12N2O2.C2H6/c1-8(11-7-13)10(14)12-9-5-3-2-4-6-9;1-2/h2-8H,1H3,(H,11,13)(H,12,14);1-2H3. The monoisotopic (exact) mass is 222 g/mol. The van der Waals surface area contributed by atoms with E-state index < -0.39 is 6.04 Å². The van der Waals surface area contributed by atoms with Gasteiger partial charge >= 0.3 is 0 Å². The second-order valence-electron chi connectivity index (χ2n) is 2.86. The molecule has 0 fully saturated rings. The Morgan fingerprint density at radius 3 is 2.31 bits per heavy atom. The SMILES string of the molecule is CC.CC(NC=O)C(=O)Nc1ccccc1. The van der Waals surface area contributed by atoms with Gasteiger partial charge in [0.25, 0.3) is 0 Å². The van der Waals surface area contributed by atoms with Gasteiger partial charge in [-0.25, -0.2) is 0 Å². The highest BCUT2D eigenvalue weighted by atomic mass is 16.2. The molecule has 1 aromatic carbocycles. The van der Waals surface area contributed by atoms with Crippen molar-refractivity contribution < 1.29 is 9.59 Å². The van der Waals surface area contributed by atoms with Crippen LogP contribution in [0.5, 0.6) is 0 Å². The topological polar surface area (TPSA) is 58.2 Å². The summed E-state index contributed by atoms with van der Waals surface area (Å²) in [5.41, 5.74) is 0.719. The number of amides is 2. The molecule has 0 saturated carbocycles. The number of anilines is 1.